The monoisotopic (exact) mass is 571 g/mol. The molecule has 0 bridgehead atoms. The lowest BCUT2D eigenvalue weighted by Gasteiger charge is -2.31. The maximum Gasteiger partial charge on any atom is 0.293 e. The van der Waals surface area contributed by atoms with Crippen LogP contribution in [0.15, 0.2) is 46.1 Å². The Morgan fingerprint density at radius 1 is 1.12 bits per heavy atom. The first-order valence-electron chi connectivity index (χ1n) is 13.9. The maximum atomic E-state index is 13.4. The van der Waals surface area contributed by atoms with E-state index < -0.39 is 5.91 Å². The van der Waals surface area contributed by atoms with Gasteiger partial charge >= 0.3 is 0 Å². The maximum absolute atomic E-state index is 13.4. The normalized spacial score (nSPS) is 13.9. The van der Waals surface area contributed by atoms with Crippen LogP contribution in [0.25, 0.3) is 5.82 Å². The van der Waals surface area contributed by atoms with Crippen molar-refractivity contribution in [3.63, 3.8) is 0 Å². The Balaban J connectivity index is 1.46. The number of aryl methyl sites for hydroxylation is 1. The molecule has 0 saturated heterocycles. The second-order valence-electron chi connectivity index (χ2n) is 12.6. The molecule has 5 rings (SSSR count). The number of phenols is 1. The van der Waals surface area contributed by atoms with Gasteiger partial charge in [-0.3, -0.25) is 4.79 Å². The van der Waals surface area contributed by atoms with Gasteiger partial charge in [-0.2, -0.15) is 9.78 Å². The first-order valence-corrected chi connectivity index (χ1v) is 13.9. The zero-order chi connectivity index (χ0) is 30.2. The number of rotatable bonds is 6. The van der Waals surface area contributed by atoms with Gasteiger partial charge in [0.25, 0.3) is 5.91 Å². The quantitative estimate of drug-likeness (QED) is 0.227. The minimum Gasteiger partial charge on any atom is -0.507 e. The van der Waals surface area contributed by atoms with E-state index in [2.05, 4.69) is 48.2 Å². The predicted octanol–water partition coefficient (Wildman–Crippen LogP) is 4.25. The fourth-order valence-electron chi connectivity index (χ4n) is 5.18. The summed E-state index contributed by atoms with van der Waals surface area (Å²) in [6.45, 7) is 13.4. The van der Waals surface area contributed by atoms with Crippen molar-refractivity contribution in [2.24, 2.45) is 5.10 Å². The summed E-state index contributed by atoms with van der Waals surface area (Å²) in [4.78, 5) is 15.6. The number of anilines is 2. The van der Waals surface area contributed by atoms with Crippen molar-refractivity contribution >= 4 is 23.6 Å². The predicted molar refractivity (Wildman–Crippen MR) is 160 cm³/mol. The van der Waals surface area contributed by atoms with E-state index in [-0.39, 0.29) is 33.9 Å². The molecule has 12 nitrogen and oxygen atoms in total. The summed E-state index contributed by atoms with van der Waals surface area (Å²) in [5.74, 6) is -0.0855. The molecule has 2 aromatic carbocycles. The molecule has 220 valence electrons. The molecular weight excluding hydrogens is 534 g/mol. The van der Waals surface area contributed by atoms with Crippen molar-refractivity contribution in [1.82, 2.24) is 30.7 Å². The van der Waals surface area contributed by atoms with E-state index in [0.717, 1.165) is 41.8 Å². The molecule has 4 N–H and O–H groups in total. The number of carbonyl (C=O) groups is 1. The molecule has 0 aliphatic carbocycles. The van der Waals surface area contributed by atoms with Crippen LogP contribution in [-0.2, 0) is 23.8 Å². The highest BCUT2D eigenvalue weighted by molar-refractivity contribution is 5.94. The highest BCUT2D eigenvalue weighted by Crippen LogP contribution is 2.39. The largest absolute Gasteiger partial charge is 0.507 e. The van der Waals surface area contributed by atoms with Gasteiger partial charge in [-0.25, -0.2) is 10.1 Å². The van der Waals surface area contributed by atoms with Crippen molar-refractivity contribution in [2.75, 3.05) is 17.2 Å². The molecule has 1 aliphatic heterocycles. The molecule has 0 unspecified atom stereocenters. The van der Waals surface area contributed by atoms with Crippen molar-refractivity contribution in [3.05, 3.63) is 70.0 Å². The third kappa shape index (κ3) is 5.69. The van der Waals surface area contributed by atoms with Crippen molar-refractivity contribution in [1.29, 1.82) is 0 Å². The molecule has 0 radical (unpaired) electrons. The standard InChI is InChI=1S/C30H37N9O3/c1-29(2,3)20-14-18(15-21(25(20)40)30(4,5)6)16-32-34-28(41)24-23(39(37-33-24)27-26(31)35-42-36-27)17-38-13-9-11-19-10-7-8-12-22(19)38/h7-8,10,12,14-16,40H,9,11,13,17H2,1-6H3,(H2,31,35)(H,34,41)/b32-16+. The number of hydrogen-bond acceptors (Lipinski definition) is 10. The highest BCUT2D eigenvalue weighted by atomic mass is 16.6. The Kier molecular flexibility index (Phi) is 7.48. The van der Waals surface area contributed by atoms with Crippen LogP contribution < -0.4 is 16.1 Å². The van der Waals surface area contributed by atoms with Gasteiger partial charge in [0.2, 0.25) is 11.6 Å². The second kappa shape index (κ2) is 10.9. The van der Waals surface area contributed by atoms with Crippen molar-refractivity contribution in [3.8, 4) is 11.6 Å². The van der Waals surface area contributed by atoms with E-state index in [0.29, 0.717) is 12.2 Å². The number of hydrazone groups is 1. The molecule has 0 fully saturated rings. The van der Waals surface area contributed by atoms with Gasteiger partial charge in [-0.15, -0.1) is 5.10 Å². The number of amides is 1. The lowest BCUT2D eigenvalue weighted by molar-refractivity contribution is 0.0949. The van der Waals surface area contributed by atoms with Crippen LogP contribution in [0.5, 0.6) is 5.75 Å². The number of hydrogen-bond donors (Lipinski definition) is 3. The minimum absolute atomic E-state index is 0.0295. The number of aromatic hydroxyl groups is 1. The molecular formula is C30H37N9O3. The number of nitrogens with zero attached hydrogens (tertiary/aromatic N) is 7. The van der Waals surface area contributed by atoms with Gasteiger partial charge in [0.05, 0.1) is 18.5 Å². The molecule has 1 amide bonds. The summed E-state index contributed by atoms with van der Waals surface area (Å²) in [6.07, 6.45) is 3.52. The topological polar surface area (TPSA) is 161 Å². The smallest absolute Gasteiger partial charge is 0.293 e. The average Bonchev–Trinajstić information content (AvgIpc) is 3.53. The number of carbonyl (C=O) groups excluding carboxylic acids is 1. The Bertz CT molecular complexity index is 1610. The lowest BCUT2D eigenvalue weighted by Crippen LogP contribution is -2.31. The Morgan fingerprint density at radius 3 is 2.45 bits per heavy atom. The second-order valence-corrected chi connectivity index (χ2v) is 12.6. The van der Waals surface area contributed by atoms with Crippen LogP contribution in [-0.4, -0.2) is 49.1 Å². The fraction of sp³-hybridized carbons (Fsp3) is 0.400. The summed E-state index contributed by atoms with van der Waals surface area (Å²) in [5.41, 5.74) is 13.2. The minimum atomic E-state index is -0.543. The van der Waals surface area contributed by atoms with Crippen molar-refractivity contribution < 1.29 is 14.5 Å². The average molecular weight is 572 g/mol. The van der Waals surface area contributed by atoms with Gasteiger partial charge < -0.3 is 15.7 Å². The lowest BCUT2D eigenvalue weighted by atomic mass is 9.78. The number of para-hydroxylation sites is 1. The van der Waals surface area contributed by atoms with E-state index in [1.54, 1.807) is 6.21 Å². The summed E-state index contributed by atoms with van der Waals surface area (Å²) in [7, 11) is 0. The van der Waals surface area contributed by atoms with Crippen LogP contribution in [0.1, 0.15) is 86.4 Å². The molecule has 1 aliphatic rings. The first-order chi connectivity index (χ1) is 19.8. The summed E-state index contributed by atoms with van der Waals surface area (Å²) < 4.78 is 6.17. The third-order valence-electron chi connectivity index (χ3n) is 7.35. The van der Waals surface area contributed by atoms with Gasteiger partial charge in [-0.05, 0) is 63.3 Å². The molecule has 4 aromatic rings. The Morgan fingerprint density at radius 2 is 1.81 bits per heavy atom. The zero-order valence-electron chi connectivity index (χ0n) is 24.8. The summed E-state index contributed by atoms with van der Waals surface area (Å²) in [6, 6.07) is 12.0. The Labute approximate surface area is 244 Å². The van der Waals surface area contributed by atoms with E-state index in [4.69, 9.17) is 10.4 Å². The number of nitrogens with two attached hydrogens (primary N) is 1. The van der Waals surface area contributed by atoms with E-state index in [9.17, 15) is 9.90 Å². The van der Waals surface area contributed by atoms with Crippen LogP contribution in [0.4, 0.5) is 11.5 Å². The van der Waals surface area contributed by atoms with E-state index in [1.807, 2.05) is 65.8 Å². The zero-order valence-corrected chi connectivity index (χ0v) is 24.8. The van der Waals surface area contributed by atoms with E-state index >= 15 is 0 Å². The highest BCUT2D eigenvalue weighted by Gasteiger charge is 2.28. The molecule has 2 aromatic heterocycles. The molecule has 12 heteroatoms. The van der Waals surface area contributed by atoms with Gasteiger partial charge in [0.15, 0.2) is 5.69 Å². The van der Waals surface area contributed by atoms with Crippen LogP contribution in [0.3, 0.4) is 0 Å². The van der Waals surface area contributed by atoms with Crippen LogP contribution in [0.2, 0.25) is 0 Å². The molecule has 42 heavy (non-hydrogen) atoms. The number of benzene rings is 2. The number of phenolic OH excluding ortho intramolecular Hbond substituents is 1. The number of nitrogen functional groups attached to an aromatic ring is 1. The number of nitrogens with one attached hydrogen (secondary N) is 1. The Hall–Kier alpha value is -4.74. The fourth-order valence-corrected chi connectivity index (χ4v) is 5.18. The SMILES string of the molecule is CC(C)(C)c1cc(/C=N/NC(=O)c2nnn(-c3nonc3N)c2CN2CCCc3ccccc32)cc(C(C)(C)C)c1O. The van der Waals surface area contributed by atoms with Crippen LogP contribution >= 0.6 is 0 Å². The van der Waals surface area contributed by atoms with E-state index in [1.165, 1.54) is 10.2 Å². The molecule has 3 heterocycles. The van der Waals surface area contributed by atoms with Gasteiger partial charge in [-0.1, -0.05) is 65.0 Å². The van der Waals surface area contributed by atoms with Crippen LogP contribution in [0, 0.1) is 0 Å². The third-order valence-corrected chi connectivity index (χ3v) is 7.35. The molecule has 0 atom stereocenters. The number of fused-ring (bicyclic) bond motifs is 1. The first kappa shape index (κ1) is 28.8. The van der Waals surface area contributed by atoms with Gasteiger partial charge in [0.1, 0.15) is 5.75 Å². The number of aromatic nitrogens is 5. The van der Waals surface area contributed by atoms with Gasteiger partial charge in [0, 0.05) is 23.4 Å². The molecule has 0 spiro atoms. The molecule has 0 saturated carbocycles. The van der Waals surface area contributed by atoms with Crippen molar-refractivity contribution in [2.45, 2.75) is 71.8 Å². The summed E-state index contributed by atoms with van der Waals surface area (Å²) >= 11 is 0. The summed E-state index contributed by atoms with van der Waals surface area (Å²) in [5, 5.41) is 31.1.